The van der Waals surface area contributed by atoms with E-state index in [2.05, 4.69) is 28.6 Å². The maximum atomic E-state index is 6.32. The Balaban J connectivity index is 1.61. The molecule has 0 unspecified atom stereocenters. The second kappa shape index (κ2) is 5.94. The molecule has 3 aromatic rings. The highest BCUT2D eigenvalue weighted by Crippen LogP contribution is 2.46. The first-order valence-electron chi connectivity index (χ1n) is 8.54. The maximum absolute atomic E-state index is 6.32. The molecule has 0 saturated carbocycles. The predicted molar refractivity (Wildman–Crippen MR) is 100 cm³/mol. The summed E-state index contributed by atoms with van der Waals surface area (Å²) in [5.41, 5.74) is 6.51. The van der Waals surface area contributed by atoms with Crippen molar-refractivity contribution in [3.05, 3.63) is 94.4 Å². The van der Waals surface area contributed by atoms with Gasteiger partial charge in [0.15, 0.2) is 12.0 Å². The van der Waals surface area contributed by atoms with Crippen LogP contribution in [0, 0.1) is 6.92 Å². The first-order valence-corrected chi connectivity index (χ1v) is 8.91. The van der Waals surface area contributed by atoms with E-state index in [4.69, 9.17) is 20.8 Å². The number of ether oxygens (including phenoxy) is 1. The second-order valence-electron chi connectivity index (χ2n) is 6.52. The summed E-state index contributed by atoms with van der Waals surface area (Å²) in [4.78, 5) is 0. The van der Waals surface area contributed by atoms with Crippen LogP contribution >= 0.6 is 11.6 Å². The minimum absolute atomic E-state index is 0.00284. The molecular weight excluding hydrogens is 348 g/mol. The van der Waals surface area contributed by atoms with Gasteiger partial charge in [-0.25, -0.2) is 0 Å². The van der Waals surface area contributed by atoms with Gasteiger partial charge in [0.1, 0.15) is 11.5 Å². The minimum atomic E-state index is -0.250. The Hall–Kier alpha value is -2.69. The molecule has 0 amide bonds. The van der Waals surface area contributed by atoms with Crippen LogP contribution in [-0.4, -0.2) is 5.01 Å². The average molecular weight is 365 g/mol. The van der Waals surface area contributed by atoms with E-state index in [1.807, 2.05) is 55.5 Å². The van der Waals surface area contributed by atoms with E-state index in [-0.39, 0.29) is 12.3 Å². The van der Waals surface area contributed by atoms with Crippen LogP contribution in [0.2, 0.25) is 5.02 Å². The Labute approximate surface area is 156 Å². The monoisotopic (exact) mass is 364 g/mol. The minimum Gasteiger partial charge on any atom is -0.469 e. The highest BCUT2D eigenvalue weighted by Gasteiger charge is 2.40. The molecule has 0 radical (unpaired) electrons. The Bertz CT molecular complexity index is 996. The van der Waals surface area contributed by atoms with Gasteiger partial charge in [-0.05, 0) is 43.3 Å². The van der Waals surface area contributed by atoms with Crippen LogP contribution in [-0.2, 0) is 0 Å². The van der Waals surface area contributed by atoms with Gasteiger partial charge in [-0.1, -0.05) is 41.9 Å². The zero-order chi connectivity index (χ0) is 17.7. The SMILES string of the molecule is Cc1ccc(C2=C[C@@H]3c4cc(Cl)ccc4O[C@H](c4ccccc4)N3N2)o1. The first kappa shape index (κ1) is 15.6. The molecule has 0 saturated heterocycles. The third-order valence-corrected chi connectivity index (χ3v) is 4.98. The number of nitrogens with one attached hydrogen (secondary N) is 1. The third kappa shape index (κ3) is 2.50. The van der Waals surface area contributed by atoms with E-state index in [1.54, 1.807) is 0 Å². The van der Waals surface area contributed by atoms with Gasteiger partial charge >= 0.3 is 0 Å². The number of fused-ring (bicyclic) bond motifs is 3. The molecule has 2 aliphatic rings. The van der Waals surface area contributed by atoms with Crippen LogP contribution in [0.15, 0.2) is 71.2 Å². The third-order valence-electron chi connectivity index (χ3n) is 4.75. The second-order valence-corrected chi connectivity index (χ2v) is 6.95. The predicted octanol–water partition coefficient (Wildman–Crippen LogP) is 5.24. The molecule has 0 fully saturated rings. The van der Waals surface area contributed by atoms with Crippen molar-refractivity contribution in [2.24, 2.45) is 0 Å². The van der Waals surface area contributed by atoms with Crippen LogP contribution in [0.25, 0.3) is 5.70 Å². The lowest BCUT2D eigenvalue weighted by molar-refractivity contribution is -0.0328. The molecule has 2 aliphatic heterocycles. The highest BCUT2D eigenvalue weighted by molar-refractivity contribution is 6.30. The summed E-state index contributed by atoms with van der Waals surface area (Å²) in [5.74, 6) is 2.54. The number of hydrogen-bond acceptors (Lipinski definition) is 4. The molecule has 0 spiro atoms. The summed E-state index contributed by atoms with van der Waals surface area (Å²) in [6, 6.07) is 19.9. The lowest BCUT2D eigenvalue weighted by atomic mass is 10.0. The summed E-state index contributed by atoms with van der Waals surface area (Å²) >= 11 is 6.24. The van der Waals surface area contributed by atoms with Crippen molar-refractivity contribution in [2.75, 3.05) is 0 Å². The molecule has 130 valence electrons. The van der Waals surface area contributed by atoms with Crippen molar-refractivity contribution in [1.82, 2.24) is 10.4 Å². The summed E-state index contributed by atoms with van der Waals surface area (Å²) in [5, 5.41) is 2.79. The Kier molecular flexibility index (Phi) is 3.55. The van der Waals surface area contributed by atoms with Crippen LogP contribution in [0.3, 0.4) is 0 Å². The summed E-state index contributed by atoms with van der Waals surface area (Å²) in [6.45, 7) is 1.94. The van der Waals surface area contributed by atoms with Crippen LogP contribution in [0.1, 0.15) is 34.9 Å². The molecule has 2 aromatic carbocycles. The van der Waals surface area contributed by atoms with Gasteiger partial charge in [-0.2, -0.15) is 5.01 Å². The fourth-order valence-electron chi connectivity index (χ4n) is 3.53. The van der Waals surface area contributed by atoms with Gasteiger partial charge in [0.2, 0.25) is 0 Å². The van der Waals surface area contributed by atoms with E-state index < -0.39 is 0 Å². The molecular formula is C21H17ClN2O2. The van der Waals surface area contributed by atoms with Crippen molar-refractivity contribution in [1.29, 1.82) is 0 Å². The molecule has 1 N–H and O–H groups in total. The van der Waals surface area contributed by atoms with Crippen molar-refractivity contribution >= 4 is 17.3 Å². The largest absolute Gasteiger partial charge is 0.469 e. The molecule has 2 atom stereocenters. The molecule has 5 rings (SSSR count). The molecule has 4 nitrogen and oxygen atoms in total. The number of hydrazine groups is 1. The van der Waals surface area contributed by atoms with Gasteiger partial charge in [-0.3, -0.25) is 0 Å². The fourth-order valence-corrected chi connectivity index (χ4v) is 3.71. The van der Waals surface area contributed by atoms with Crippen LogP contribution < -0.4 is 10.2 Å². The number of furan rings is 1. The molecule has 3 heterocycles. The van der Waals surface area contributed by atoms with E-state index in [0.29, 0.717) is 5.02 Å². The van der Waals surface area contributed by atoms with Crippen molar-refractivity contribution in [2.45, 2.75) is 19.2 Å². The molecule has 0 bridgehead atoms. The van der Waals surface area contributed by atoms with Gasteiger partial charge in [-0.15, -0.1) is 0 Å². The molecule has 1 aromatic heterocycles. The number of benzene rings is 2. The number of nitrogens with zero attached hydrogens (tertiary/aromatic N) is 1. The number of rotatable bonds is 2. The van der Waals surface area contributed by atoms with E-state index in [9.17, 15) is 0 Å². The highest BCUT2D eigenvalue weighted by atomic mass is 35.5. The Morgan fingerprint density at radius 2 is 1.88 bits per heavy atom. The lowest BCUT2D eigenvalue weighted by Gasteiger charge is -2.38. The summed E-state index contributed by atoms with van der Waals surface area (Å²) in [6.07, 6.45) is 1.91. The number of hydrogen-bond donors (Lipinski definition) is 1. The normalized spacial score (nSPS) is 21.4. The topological polar surface area (TPSA) is 37.6 Å². The summed E-state index contributed by atoms with van der Waals surface area (Å²) < 4.78 is 12.1. The van der Waals surface area contributed by atoms with Crippen LogP contribution in [0.4, 0.5) is 0 Å². The van der Waals surface area contributed by atoms with Crippen molar-refractivity contribution in [3.8, 4) is 5.75 Å². The van der Waals surface area contributed by atoms with E-state index in [1.165, 1.54) is 0 Å². The fraction of sp³-hybridized carbons (Fsp3) is 0.143. The molecule has 0 aliphatic carbocycles. The smallest absolute Gasteiger partial charge is 0.195 e. The zero-order valence-electron chi connectivity index (χ0n) is 14.1. The standard InChI is InChI=1S/C21H17ClN2O2/c1-13-7-9-20(25-13)17-12-18-16-11-15(22)8-10-19(16)26-21(24(18)23-17)14-5-3-2-4-6-14/h2-12,18,21,23H,1H3/t18-,21-/m1/s1. The van der Waals surface area contributed by atoms with Gasteiger partial charge < -0.3 is 14.6 Å². The molecule has 26 heavy (non-hydrogen) atoms. The van der Waals surface area contributed by atoms with Gasteiger partial charge in [0, 0.05) is 16.1 Å². The van der Waals surface area contributed by atoms with E-state index >= 15 is 0 Å². The number of halogens is 1. The lowest BCUT2D eigenvalue weighted by Crippen LogP contribution is -2.43. The Morgan fingerprint density at radius 3 is 2.65 bits per heavy atom. The first-order chi connectivity index (χ1) is 12.7. The van der Waals surface area contributed by atoms with E-state index in [0.717, 1.165) is 34.1 Å². The Morgan fingerprint density at radius 1 is 1.04 bits per heavy atom. The van der Waals surface area contributed by atoms with Gasteiger partial charge in [0.25, 0.3) is 0 Å². The van der Waals surface area contributed by atoms with Crippen molar-refractivity contribution < 1.29 is 9.15 Å². The summed E-state index contributed by atoms with van der Waals surface area (Å²) in [7, 11) is 0. The zero-order valence-corrected chi connectivity index (χ0v) is 14.9. The van der Waals surface area contributed by atoms with Gasteiger partial charge in [0.05, 0.1) is 11.7 Å². The average Bonchev–Trinajstić information content (AvgIpc) is 3.28. The number of aryl methyl sites for hydroxylation is 1. The quantitative estimate of drug-likeness (QED) is 0.675. The van der Waals surface area contributed by atoms with Crippen molar-refractivity contribution in [3.63, 3.8) is 0 Å². The van der Waals surface area contributed by atoms with Crippen LogP contribution in [0.5, 0.6) is 5.75 Å². The maximum Gasteiger partial charge on any atom is 0.195 e. The molecule has 5 heteroatoms.